The summed E-state index contributed by atoms with van der Waals surface area (Å²) in [5, 5.41) is 12.6. The molecule has 2 aliphatic heterocycles. The monoisotopic (exact) mass is 398 g/mol. The van der Waals surface area contributed by atoms with E-state index in [0.717, 1.165) is 25.9 Å². The number of nitrogen functional groups attached to an aromatic ring is 1. The molecule has 0 unspecified atom stereocenters. The Hall–Kier alpha value is -1.84. The van der Waals surface area contributed by atoms with Gasteiger partial charge in [0.05, 0.1) is 22.2 Å². The van der Waals surface area contributed by atoms with Crippen LogP contribution in [0.1, 0.15) is 19.8 Å². The van der Waals surface area contributed by atoms with E-state index in [9.17, 15) is 8.42 Å². The van der Waals surface area contributed by atoms with Crippen LogP contribution in [0.15, 0.2) is 32.6 Å². The van der Waals surface area contributed by atoms with Crippen LogP contribution < -0.4 is 16.4 Å². The summed E-state index contributed by atoms with van der Waals surface area (Å²) >= 11 is 5.95. The number of hydrogen-bond donors (Lipinski definition) is 3. The number of benzene rings is 1. The molecule has 1 saturated heterocycles. The SMILES string of the molecule is CCN/C(=N\S(=O)(=O)c1ccc(N)c(Cl)c1)N1CC2(C=N1)CCNCC2. The number of halogens is 1. The molecule has 2 aliphatic rings. The Labute approximate surface area is 158 Å². The van der Waals surface area contributed by atoms with E-state index in [4.69, 9.17) is 17.3 Å². The number of nitrogens with zero attached hydrogens (tertiary/aromatic N) is 3. The topological polar surface area (TPSA) is 112 Å². The van der Waals surface area contributed by atoms with E-state index >= 15 is 0 Å². The number of hydrazone groups is 1. The zero-order valence-electron chi connectivity index (χ0n) is 14.6. The van der Waals surface area contributed by atoms with Crippen LogP contribution in [-0.2, 0) is 10.0 Å². The Morgan fingerprint density at radius 2 is 2.19 bits per heavy atom. The third-order valence-electron chi connectivity index (χ3n) is 4.59. The first-order valence-corrected chi connectivity index (χ1v) is 10.3. The van der Waals surface area contributed by atoms with Crippen molar-refractivity contribution in [1.82, 2.24) is 15.6 Å². The second kappa shape index (κ2) is 7.42. The van der Waals surface area contributed by atoms with Gasteiger partial charge in [-0.1, -0.05) is 11.6 Å². The normalized spacial score (nSPS) is 19.9. The van der Waals surface area contributed by atoms with Gasteiger partial charge in [0.2, 0.25) is 5.96 Å². The predicted molar refractivity (Wildman–Crippen MR) is 104 cm³/mol. The van der Waals surface area contributed by atoms with Crippen LogP contribution >= 0.6 is 11.6 Å². The summed E-state index contributed by atoms with van der Waals surface area (Å²) in [5.74, 6) is 0.215. The Balaban J connectivity index is 1.87. The van der Waals surface area contributed by atoms with Gasteiger partial charge in [0.25, 0.3) is 10.0 Å². The second-order valence-electron chi connectivity index (χ2n) is 6.52. The molecule has 1 fully saturated rings. The molecule has 0 bridgehead atoms. The molecule has 1 aromatic carbocycles. The molecule has 4 N–H and O–H groups in total. The number of anilines is 1. The molecule has 3 rings (SSSR count). The van der Waals surface area contributed by atoms with E-state index in [0.29, 0.717) is 18.8 Å². The number of nitrogens with two attached hydrogens (primary N) is 1. The van der Waals surface area contributed by atoms with Crippen LogP contribution in [0, 0.1) is 5.41 Å². The number of nitrogens with one attached hydrogen (secondary N) is 2. The van der Waals surface area contributed by atoms with Crippen LogP contribution in [-0.4, -0.2) is 51.8 Å². The van der Waals surface area contributed by atoms with Crippen molar-refractivity contribution in [3.8, 4) is 0 Å². The fourth-order valence-corrected chi connectivity index (χ4v) is 4.32. The zero-order valence-corrected chi connectivity index (χ0v) is 16.1. The Morgan fingerprint density at radius 3 is 2.85 bits per heavy atom. The van der Waals surface area contributed by atoms with E-state index in [1.54, 1.807) is 5.01 Å². The van der Waals surface area contributed by atoms with Gasteiger partial charge in [-0.3, -0.25) is 0 Å². The number of guanidine groups is 1. The molecule has 2 heterocycles. The highest BCUT2D eigenvalue weighted by Crippen LogP contribution is 2.32. The zero-order chi connectivity index (χ0) is 18.8. The molecule has 142 valence electrons. The Bertz CT molecular complexity index is 833. The van der Waals surface area contributed by atoms with Gasteiger partial charge in [0.15, 0.2) is 0 Å². The fraction of sp³-hybridized carbons (Fsp3) is 0.500. The van der Waals surface area contributed by atoms with Gasteiger partial charge in [-0.15, -0.1) is 4.40 Å². The van der Waals surface area contributed by atoms with Gasteiger partial charge in [0, 0.05) is 18.2 Å². The summed E-state index contributed by atoms with van der Waals surface area (Å²) in [5.41, 5.74) is 5.94. The minimum Gasteiger partial charge on any atom is -0.398 e. The third kappa shape index (κ3) is 3.94. The molecule has 0 aromatic heterocycles. The van der Waals surface area contributed by atoms with Gasteiger partial charge in [0.1, 0.15) is 0 Å². The second-order valence-corrected chi connectivity index (χ2v) is 8.53. The van der Waals surface area contributed by atoms with Crippen molar-refractivity contribution in [3.05, 3.63) is 23.2 Å². The fourth-order valence-electron chi connectivity index (χ4n) is 3.08. The van der Waals surface area contributed by atoms with Crippen molar-refractivity contribution >= 4 is 39.5 Å². The first-order valence-electron chi connectivity index (χ1n) is 8.52. The molecular weight excluding hydrogens is 376 g/mol. The number of rotatable bonds is 3. The van der Waals surface area contributed by atoms with Gasteiger partial charge in [-0.05, 0) is 51.1 Å². The third-order valence-corrected chi connectivity index (χ3v) is 6.18. The molecule has 8 nitrogen and oxygen atoms in total. The standard InChI is InChI=1S/C16H23ClN6O2S/c1-2-20-15(23-11-16(10-21-23)5-7-19-8-6-16)22-26(24,25)12-3-4-14(18)13(17)9-12/h3-4,9-10,19H,2,5-8,11,18H2,1H3,(H,20,22). The van der Waals surface area contributed by atoms with Crippen molar-refractivity contribution < 1.29 is 8.42 Å². The lowest BCUT2D eigenvalue weighted by Gasteiger charge is -2.32. The molecular formula is C16H23ClN6O2S. The average molecular weight is 399 g/mol. The maximum Gasteiger partial charge on any atom is 0.285 e. The van der Waals surface area contributed by atoms with E-state index in [2.05, 4.69) is 20.1 Å². The van der Waals surface area contributed by atoms with Gasteiger partial charge in [-0.2, -0.15) is 13.5 Å². The molecule has 1 spiro atoms. The molecule has 0 atom stereocenters. The largest absolute Gasteiger partial charge is 0.398 e. The van der Waals surface area contributed by atoms with E-state index < -0.39 is 10.0 Å². The van der Waals surface area contributed by atoms with Crippen molar-refractivity contribution in [2.75, 3.05) is 31.9 Å². The highest BCUT2D eigenvalue weighted by atomic mass is 35.5. The highest BCUT2D eigenvalue weighted by molar-refractivity contribution is 7.90. The lowest BCUT2D eigenvalue weighted by molar-refractivity contribution is 0.264. The summed E-state index contributed by atoms with van der Waals surface area (Å²) in [6.45, 7) is 4.86. The highest BCUT2D eigenvalue weighted by Gasteiger charge is 2.38. The minimum atomic E-state index is -3.94. The predicted octanol–water partition coefficient (Wildman–Crippen LogP) is 1.25. The van der Waals surface area contributed by atoms with E-state index in [1.807, 2.05) is 13.1 Å². The van der Waals surface area contributed by atoms with Crippen LogP contribution in [0.25, 0.3) is 0 Å². The number of piperidine rings is 1. The Kier molecular flexibility index (Phi) is 5.40. The molecule has 0 saturated carbocycles. The van der Waals surface area contributed by atoms with Gasteiger partial charge < -0.3 is 16.4 Å². The first-order chi connectivity index (χ1) is 12.4. The van der Waals surface area contributed by atoms with Crippen LogP contribution in [0.2, 0.25) is 5.02 Å². The number of sulfonamides is 1. The summed E-state index contributed by atoms with van der Waals surface area (Å²) in [6, 6.07) is 4.15. The van der Waals surface area contributed by atoms with Crippen LogP contribution in [0.3, 0.4) is 0 Å². The maximum atomic E-state index is 12.7. The Morgan fingerprint density at radius 1 is 1.46 bits per heavy atom. The smallest absolute Gasteiger partial charge is 0.285 e. The molecule has 0 aliphatic carbocycles. The summed E-state index contributed by atoms with van der Waals surface area (Å²) in [7, 11) is -3.94. The summed E-state index contributed by atoms with van der Waals surface area (Å²) in [6.07, 6.45) is 3.85. The van der Waals surface area contributed by atoms with Crippen molar-refractivity contribution in [3.63, 3.8) is 0 Å². The van der Waals surface area contributed by atoms with Crippen LogP contribution in [0.4, 0.5) is 5.69 Å². The maximum absolute atomic E-state index is 12.7. The van der Waals surface area contributed by atoms with Crippen molar-refractivity contribution in [2.45, 2.75) is 24.7 Å². The van der Waals surface area contributed by atoms with E-state index in [1.165, 1.54) is 18.2 Å². The lowest BCUT2D eigenvalue weighted by atomic mass is 9.81. The average Bonchev–Trinajstić information content (AvgIpc) is 3.01. The molecule has 26 heavy (non-hydrogen) atoms. The molecule has 0 amide bonds. The number of hydrogen-bond acceptors (Lipinski definition) is 5. The quantitative estimate of drug-likeness (QED) is 0.401. The van der Waals surface area contributed by atoms with E-state index in [-0.39, 0.29) is 21.3 Å². The molecule has 10 heteroatoms. The van der Waals surface area contributed by atoms with Crippen molar-refractivity contribution in [1.29, 1.82) is 0 Å². The lowest BCUT2D eigenvalue weighted by Crippen LogP contribution is -2.44. The minimum absolute atomic E-state index is 0.00754. The van der Waals surface area contributed by atoms with Gasteiger partial charge in [-0.25, -0.2) is 5.01 Å². The molecule has 0 radical (unpaired) electrons. The van der Waals surface area contributed by atoms with Gasteiger partial charge >= 0.3 is 0 Å². The van der Waals surface area contributed by atoms with Crippen molar-refractivity contribution in [2.24, 2.45) is 14.9 Å². The summed E-state index contributed by atoms with van der Waals surface area (Å²) in [4.78, 5) is -0.00754. The van der Waals surface area contributed by atoms with Crippen LogP contribution in [0.5, 0.6) is 0 Å². The summed E-state index contributed by atoms with van der Waals surface area (Å²) < 4.78 is 29.4. The first kappa shape index (κ1) is 18.9. The molecule has 1 aromatic rings.